The summed E-state index contributed by atoms with van der Waals surface area (Å²) in [5.41, 5.74) is 1.44. The SMILES string of the molecule is C[C@@]1(NC(=O)NCCc2cccc(C#N)c2)CCO[C@H]1C1CC1. The van der Waals surface area contributed by atoms with Crippen LogP contribution < -0.4 is 10.6 Å². The molecule has 1 aliphatic carbocycles. The normalized spacial score (nSPS) is 26.5. The maximum Gasteiger partial charge on any atom is 0.315 e. The fraction of sp³-hybridized carbons (Fsp3) is 0.556. The lowest BCUT2D eigenvalue weighted by atomic mass is 9.90. The van der Waals surface area contributed by atoms with Crippen LogP contribution in [0.25, 0.3) is 0 Å². The molecule has 0 radical (unpaired) electrons. The Morgan fingerprint density at radius 2 is 2.30 bits per heavy atom. The highest BCUT2D eigenvalue weighted by molar-refractivity contribution is 5.75. The first-order valence-corrected chi connectivity index (χ1v) is 8.27. The van der Waals surface area contributed by atoms with E-state index in [0.29, 0.717) is 24.4 Å². The summed E-state index contributed by atoms with van der Waals surface area (Å²) >= 11 is 0. The Morgan fingerprint density at radius 1 is 1.48 bits per heavy atom. The number of rotatable bonds is 5. The van der Waals surface area contributed by atoms with Crippen LogP contribution in [0.2, 0.25) is 0 Å². The summed E-state index contributed by atoms with van der Waals surface area (Å²) in [7, 11) is 0. The van der Waals surface area contributed by atoms with Crippen molar-refractivity contribution >= 4 is 6.03 Å². The summed E-state index contributed by atoms with van der Waals surface area (Å²) in [4.78, 5) is 12.2. The van der Waals surface area contributed by atoms with Gasteiger partial charge in [0.15, 0.2) is 0 Å². The smallest absolute Gasteiger partial charge is 0.315 e. The molecule has 0 aromatic heterocycles. The summed E-state index contributed by atoms with van der Waals surface area (Å²) in [6.45, 7) is 3.35. The first kappa shape index (κ1) is 15.8. The van der Waals surface area contributed by atoms with Crippen LogP contribution in [0.4, 0.5) is 4.79 Å². The highest BCUT2D eigenvalue weighted by atomic mass is 16.5. The van der Waals surface area contributed by atoms with Crippen molar-refractivity contribution in [1.82, 2.24) is 10.6 Å². The molecule has 2 atom stereocenters. The third-order valence-corrected chi connectivity index (χ3v) is 4.75. The molecule has 2 fully saturated rings. The lowest BCUT2D eigenvalue weighted by Crippen LogP contribution is -2.55. The van der Waals surface area contributed by atoms with E-state index in [9.17, 15) is 4.79 Å². The zero-order valence-electron chi connectivity index (χ0n) is 13.5. The monoisotopic (exact) mass is 313 g/mol. The van der Waals surface area contributed by atoms with Crippen molar-refractivity contribution in [3.8, 4) is 6.07 Å². The first-order valence-electron chi connectivity index (χ1n) is 8.27. The number of benzene rings is 1. The number of hydrogen-bond acceptors (Lipinski definition) is 3. The fourth-order valence-corrected chi connectivity index (χ4v) is 3.33. The van der Waals surface area contributed by atoms with E-state index >= 15 is 0 Å². The summed E-state index contributed by atoms with van der Waals surface area (Å²) in [6.07, 6.45) is 4.14. The number of nitrogens with zero attached hydrogens (tertiary/aromatic N) is 1. The van der Waals surface area contributed by atoms with Crippen molar-refractivity contribution in [1.29, 1.82) is 5.26 Å². The average molecular weight is 313 g/mol. The van der Waals surface area contributed by atoms with Crippen LogP contribution in [0.5, 0.6) is 0 Å². The molecule has 23 heavy (non-hydrogen) atoms. The fourth-order valence-electron chi connectivity index (χ4n) is 3.33. The number of carbonyl (C=O) groups excluding carboxylic acids is 1. The van der Waals surface area contributed by atoms with E-state index in [0.717, 1.165) is 18.6 Å². The molecule has 0 spiro atoms. The molecule has 5 heteroatoms. The van der Waals surface area contributed by atoms with E-state index < -0.39 is 0 Å². The van der Waals surface area contributed by atoms with E-state index in [1.54, 1.807) is 6.07 Å². The topological polar surface area (TPSA) is 74.2 Å². The molecule has 122 valence electrons. The van der Waals surface area contributed by atoms with Gasteiger partial charge in [-0.2, -0.15) is 5.26 Å². The lowest BCUT2D eigenvalue weighted by molar-refractivity contribution is 0.0591. The second-order valence-electron chi connectivity index (χ2n) is 6.74. The standard InChI is InChI=1S/C18H23N3O2/c1-18(8-10-23-16(18)15-5-6-15)21-17(22)20-9-7-13-3-2-4-14(11-13)12-19/h2-4,11,15-16H,5-10H2,1H3,(H2,20,21,22)/t16-,18+/m0/s1. The van der Waals surface area contributed by atoms with Gasteiger partial charge < -0.3 is 15.4 Å². The molecule has 0 bridgehead atoms. The van der Waals surface area contributed by atoms with Gasteiger partial charge in [0.25, 0.3) is 0 Å². The van der Waals surface area contributed by atoms with Gasteiger partial charge in [0, 0.05) is 13.2 Å². The molecule has 2 aliphatic rings. The van der Waals surface area contributed by atoms with Crippen molar-refractivity contribution < 1.29 is 9.53 Å². The molecule has 2 amide bonds. The van der Waals surface area contributed by atoms with Gasteiger partial charge in [-0.25, -0.2) is 4.79 Å². The van der Waals surface area contributed by atoms with Crippen LogP contribution in [0, 0.1) is 17.2 Å². The van der Waals surface area contributed by atoms with Gasteiger partial charge in [-0.1, -0.05) is 12.1 Å². The largest absolute Gasteiger partial charge is 0.375 e. The minimum atomic E-state index is -0.258. The molecule has 1 saturated carbocycles. The second kappa shape index (κ2) is 6.59. The van der Waals surface area contributed by atoms with E-state index in [4.69, 9.17) is 10.00 Å². The van der Waals surface area contributed by atoms with E-state index in [2.05, 4.69) is 23.6 Å². The summed E-state index contributed by atoms with van der Waals surface area (Å²) < 4.78 is 5.82. The maximum atomic E-state index is 12.2. The lowest BCUT2D eigenvalue weighted by Gasteiger charge is -2.31. The van der Waals surface area contributed by atoms with Crippen molar-refractivity contribution in [2.45, 2.75) is 44.2 Å². The molecule has 2 N–H and O–H groups in total. The number of urea groups is 1. The molecule has 1 aliphatic heterocycles. The van der Waals surface area contributed by atoms with Gasteiger partial charge in [-0.3, -0.25) is 0 Å². The molecular weight excluding hydrogens is 290 g/mol. The Hall–Kier alpha value is -2.06. The van der Waals surface area contributed by atoms with Crippen molar-refractivity contribution in [2.75, 3.05) is 13.2 Å². The van der Waals surface area contributed by atoms with E-state index in [1.165, 1.54) is 12.8 Å². The molecule has 1 aromatic carbocycles. The molecular formula is C18H23N3O2. The average Bonchev–Trinajstić information content (AvgIpc) is 3.30. The summed E-state index contributed by atoms with van der Waals surface area (Å²) in [5, 5.41) is 14.9. The van der Waals surface area contributed by atoms with Crippen LogP contribution in [0.1, 0.15) is 37.3 Å². The molecule has 5 nitrogen and oxygen atoms in total. The number of ether oxygens (including phenoxy) is 1. The van der Waals surface area contributed by atoms with Crippen molar-refractivity contribution in [3.05, 3.63) is 35.4 Å². The van der Waals surface area contributed by atoms with E-state index in [1.807, 2.05) is 18.2 Å². The number of carbonyl (C=O) groups is 1. The zero-order chi connectivity index (χ0) is 16.3. The Bertz CT molecular complexity index is 621. The Morgan fingerprint density at radius 3 is 3.04 bits per heavy atom. The molecule has 1 aromatic rings. The van der Waals surface area contributed by atoms with Crippen LogP contribution in [-0.4, -0.2) is 30.8 Å². The second-order valence-corrected chi connectivity index (χ2v) is 6.74. The van der Waals surface area contributed by atoms with Crippen molar-refractivity contribution in [2.24, 2.45) is 5.92 Å². The van der Waals surface area contributed by atoms with Crippen LogP contribution in [0.3, 0.4) is 0 Å². The number of amides is 2. The van der Waals surface area contributed by atoms with Gasteiger partial charge in [-0.15, -0.1) is 0 Å². The zero-order valence-corrected chi connectivity index (χ0v) is 13.5. The van der Waals surface area contributed by atoms with Gasteiger partial charge in [0.1, 0.15) is 0 Å². The van der Waals surface area contributed by atoms with Crippen LogP contribution >= 0.6 is 0 Å². The van der Waals surface area contributed by atoms with Crippen molar-refractivity contribution in [3.63, 3.8) is 0 Å². The van der Waals surface area contributed by atoms with Gasteiger partial charge in [-0.05, 0) is 56.2 Å². The third kappa shape index (κ3) is 3.83. The van der Waals surface area contributed by atoms with E-state index in [-0.39, 0.29) is 17.7 Å². The Labute approximate surface area is 137 Å². The molecule has 1 heterocycles. The number of nitriles is 1. The van der Waals surface area contributed by atoms with Gasteiger partial charge in [0.05, 0.1) is 23.3 Å². The van der Waals surface area contributed by atoms with Crippen LogP contribution in [-0.2, 0) is 11.2 Å². The predicted molar refractivity (Wildman–Crippen MR) is 86.9 cm³/mol. The number of hydrogen-bond donors (Lipinski definition) is 2. The predicted octanol–water partition coefficient (Wildman–Crippen LogP) is 2.36. The molecule has 1 saturated heterocycles. The number of nitrogens with one attached hydrogen (secondary N) is 2. The minimum Gasteiger partial charge on any atom is -0.375 e. The highest BCUT2D eigenvalue weighted by Crippen LogP contribution is 2.43. The van der Waals surface area contributed by atoms with Gasteiger partial charge in [0.2, 0.25) is 0 Å². The first-order chi connectivity index (χ1) is 11.1. The van der Waals surface area contributed by atoms with Gasteiger partial charge >= 0.3 is 6.03 Å². The highest BCUT2D eigenvalue weighted by Gasteiger charge is 2.48. The maximum absolute atomic E-state index is 12.2. The quantitative estimate of drug-likeness (QED) is 0.876. The minimum absolute atomic E-state index is 0.139. The molecule has 0 unspecified atom stereocenters. The summed E-state index contributed by atoms with van der Waals surface area (Å²) in [6, 6.07) is 9.46. The van der Waals surface area contributed by atoms with Crippen LogP contribution in [0.15, 0.2) is 24.3 Å². The Kier molecular flexibility index (Phi) is 4.53. The molecule has 3 rings (SSSR count). The third-order valence-electron chi connectivity index (χ3n) is 4.75. The summed E-state index contributed by atoms with van der Waals surface area (Å²) in [5.74, 6) is 0.608. The Balaban J connectivity index is 1.47.